The van der Waals surface area contributed by atoms with Crippen molar-refractivity contribution in [2.24, 2.45) is 0 Å². The second-order valence-electron chi connectivity index (χ2n) is 6.76. The summed E-state index contributed by atoms with van der Waals surface area (Å²) in [5, 5.41) is 12.6. The summed E-state index contributed by atoms with van der Waals surface area (Å²) in [4.78, 5) is 4.95. The molecule has 0 spiro atoms. The van der Waals surface area contributed by atoms with Gasteiger partial charge in [-0.15, -0.1) is 15.3 Å². The molecule has 0 radical (unpaired) electrons. The quantitative estimate of drug-likeness (QED) is 0.715. The van der Waals surface area contributed by atoms with Crippen molar-refractivity contribution in [3.8, 4) is 0 Å². The van der Waals surface area contributed by atoms with Gasteiger partial charge in [-0.1, -0.05) is 30.3 Å². The van der Waals surface area contributed by atoms with Crippen LogP contribution in [0.3, 0.4) is 0 Å². The molecule has 25 heavy (non-hydrogen) atoms. The third kappa shape index (κ3) is 3.64. The number of rotatable bonds is 5. The molecule has 3 aromatic rings. The van der Waals surface area contributed by atoms with Crippen LogP contribution in [-0.4, -0.2) is 56.9 Å². The zero-order valence-electron chi connectivity index (χ0n) is 14.6. The molecule has 6 nitrogen and oxygen atoms in total. The SMILES string of the molecule is C[C@H]1CN(CCCc2ccccc2)CCN1c1ccc2nncn2n1. The molecule has 3 heterocycles. The molecule has 0 unspecified atom stereocenters. The molecular formula is C19H24N6. The van der Waals surface area contributed by atoms with Crippen LogP contribution in [0, 0.1) is 0 Å². The smallest absolute Gasteiger partial charge is 0.177 e. The Morgan fingerprint density at radius 1 is 1.08 bits per heavy atom. The highest BCUT2D eigenvalue weighted by atomic mass is 15.4. The summed E-state index contributed by atoms with van der Waals surface area (Å²) < 4.78 is 1.74. The molecule has 0 saturated carbocycles. The summed E-state index contributed by atoms with van der Waals surface area (Å²) >= 11 is 0. The first kappa shape index (κ1) is 16.0. The van der Waals surface area contributed by atoms with Gasteiger partial charge in [-0.25, -0.2) is 0 Å². The maximum Gasteiger partial charge on any atom is 0.177 e. The molecule has 0 amide bonds. The highest BCUT2D eigenvalue weighted by molar-refractivity contribution is 5.46. The van der Waals surface area contributed by atoms with E-state index in [0.29, 0.717) is 6.04 Å². The molecule has 1 saturated heterocycles. The van der Waals surface area contributed by atoms with Crippen LogP contribution in [0.25, 0.3) is 5.65 Å². The zero-order valence-corrected chi connectivity index (χ0v) is 14.6. The van der Waals surface area contributed by atoms with Crippen LogP contribution in [0.1, 0.15) is 18.9 Å². The van der Waals surface area contributed by atoms with Gasteiger partial charge in [0.15, 0.2) is 5.65 Å². The van der Waals surface area contributed by atoms with E-state index < -0.39 is 0 Å². The molecule has 0 aliphatic carbocycles. The van der Waals surface area contributed by atoms with Gasteiger partial charge in [0.1, 0.15) is 12.1 Å². The maximum absolute atomic E-state index is 4.64. The van der Waals surface area contributed by atoms with Crippen LogP contribution in [0.4, 0.5) is 5.82 Å². The van der Waals surface area contributed by atoms with Gasteiger partial charge in [-0.05, 0) is 44.0 Å². The first-order chi connectivity index (χ1) is 12.3. The van der Waals surface area contributed by atoms with E-state index >= 15 is 0 Å². The molecular weight excluding hydrogens is 312 g/mol. The van der Waals surface area contributed by atoms with Gasteiger partial charge in [0.2, 0.25) is 0 Å². The Hall–Kier alpha value is -2.47. The number of aromatic nitrogens is 4. The fraction of sp³-hybridized carbons (Fsp3) is 0.421. The molecule has 6 heteroatoms. The average molecular weight is 336 g/mol. The van der Waals surface area contributed by atoms with Crippen molar-refractivity contribution in [2.75, 3.05) is 31.1 Å². The second-order valence-corrected chi connectivity index (χ2v) is 6.76. The number of fused-ring (bicyclic) bond motifs is 1. The number of piperazine rings is 1. The Bertz CT molecular complexity index is 815. The number of benzene rings is 1. The Morgan fingerprint density at radius 3 is 2.80 bits per heavy atom. The molecule has 4 rings (SSSR count). The van der Waals surface area contributed by atoms with Gasteiger partial charge in [0.05, 0.1) is 0 Å². The number of anilines is 1. The van der Waals surface area contributed by atoms with Crippen LogP contribution in [0.15, 0.2) is 48.8 Å². The normalized spacial score (nSPS) is 18.8. The third-order valence-corrected chi connectivity index (χ3v) is 4.94. The van der Waals surface area contributed by atoms with Gasteiger partial charge in [-0.3, -0.25) is 4.90 Å². The first-order valence-corrected chi connectivity index (χ1v) is 8.99. The van der Waals surface area contributed by atoms with Crippen LogP contribution < -0.4 is 4.90 Å². The fourth-order valence-corrected chi connectivity index (χ4v) is 3.60. The molecule has 1 aromatic carbocycles. The highest BCUT2D eigenvalue weighted by Crippen LogP contribution is 2.19. The summed E-state index contributed by atoms with van der Waals surface area (Å²) in [7, 11) is 0. The van der Waals surface area contributed by atoms with Gasteiger partial charge in [0.25, 0.3) is 0 Å². The van der Waals surface area contributed by atoms with E-state index in [1.54, 1.807) is 10.8 Å². The second kappa shape index (κ2) is 7.19. The minimum Gasteiger partial charge on any atom is -0.350 e. The number of aryl methyl sites for hydroxylation is 1. The summed E-state index contributed by atoms with van der Waals surface area (Å²) in [6, 6.07) is 15.2. The van der Waals surface area contributed by atoms with Gasteiger partial charge in [-0.2, -0.15) is 4.52 Å². The van der Waals surface area contributed by atoms with Crippen LogP contribution in [0.5, 0.6) is 0 Å². The van der Waals surface area contributed by atoms with E-state index in [1.807, 2.05) is 12.1 Å². The van der Waals surface area contributed by atoms with E-state index in [1.165, 1.54) is 12.0 Å². The minimum atomic E-state index is 0.451. The largest absolute Gasteiger partial charge is 0.350 e. The van der Waals surface area contributed by atoms with Crippen LogP contribution in [-0.2, 0) is 6.42 Å². The fourth-order valence-electron chi connectivity index (χ4n) is 3.60. The number of hydrogen-bond donors (Lipinski definition) is 0. The van der Waals surface area contributed by atoms with Crippen LogP contribution >= 0.6 is 0 Å². The summed E-state index contributed by atoms with van der Waals surface area (Å²) in [5.74, 6) is 1.00. The van der Waals surface area contributed by atoms with E-state index in [2.05, 4.69) is 62.4 Å². The van der Waals surface area contributed by atoms with E-state index in [-0.39, 0.29) is 0 Å². The Balaban J connectivity index is 1.32. The average Bonchev–Trinajstić information content (AvgIpc) is 3.10. The molecule has 1 aliphatic rings. The van der Waals surface area contributed by atoms with Gasteiger partial charge < -0.3 is 4.90 Å². The predicted octanol–water partition coefficient (Wildman–Crippen LogP) is 2.27. The van der Waals surface area contributed by atoms with E-state index in [0.717, 1.165) is 44.1 Å². The van der Waals surface area contributed by atoms with Crippen molar-refractivity contribution >= 4 is 11.5 Å². The van der Waals surface area contributed by atoms with E-state index in [4.69, 9.17) is 0 Å². The van der Waals surface area contributed by atoms with Crippen molar-refractivity contribution < 1.29 is 0 Å². The summed E-state index contributed by atoms with van der Waals surface area (Å²) in [6.45, 7) is 6.61. The van der Waals surface area contributed by atoms with Gasteiger partial charge >= 0.3 is 0 Å². The molecule has 0 N–H and O–H groups in total. The first-order valence-electron chi connectivity index (χ1n) is 8.99. The van der Waals surface area contributed by atoms with E-state index in [9.17, 15) is 0 Å². The standard InChI is InChI=1S/C19H24N6/c1-16-14-23(11-5-8-17-6-3-2-4-7-17)12-13-24(16)19-10-9-18-21-20-15-25(18)22-19/h2-4,6-7,9-10,15-16H,5,8,11-14H2,1H3/t16-/m0/s1. The van der Waals surface area contributed by atoms with Crippen molar-refractivity contribution in [1.82, 2.24) is 24.7 Å². The maximum atomic E-state index is 4.64. The number of nitrogens with zero attached hydrogens (tertiary/aromatic N) is 6. The molecule has 130 valence electrons. The van der Waals surface area contributed by atoms with Crippen molar-refractivity contribution in [3.05, 3.63) is 54.4 Å². The zero-order chi connectivity index (χ0) is 17.1. The minimum absolute atomic E-state index is 0.451. The lowest BCUT2D eigenvalue weighted by Gasteiger charge is -2.40. The molecule has 2 aromatic heterocycles. The monoisotopic (exact) mass is 336 g/mol. The Labute approximate surface area is 148 Å². The predicted molar refractivity (Wildman–Crippen MR) is 98.8 cm³/mol. The molecule has 0 bridgehead atoms. The Morgan fingerprint density at radius 2 is 1.96 bits per heavy atom. The molecule has 1 atom stereocenters. The van der Waals surface area contributed by atoms with Crippen molar-refractivity contribution in [1.29, 1.82) is 0 Å². The lowest BCUT2D eigenvalue weighted by atomic mass is 10.1. The summed E-state index contributed by atoms with van der Waals surface area (Å²) in [6.07, 6.45) is 4.02. The van der Waals surface area contributed by atoms with Crippen molar-refractivity contribution in [3.63, 3.8) is 0 Å². The molecule has 1 fully saturated rings. The lowest BCUT2D eigenvalue weighted by Crippen LogP contribution is -2.52. The summed E-state index contributed by atoms with van der Waals surface area (Å²) in [5.41, 5.74) is 2.22. The van der Waals surface area contributed by atoms with Crippen LogP contribution in [0.2, 0.25) is 0 Å². The van der Waals surface area contributed by atoms with Gasteiger partial charge in [0, 0.05) is 25.7 Å². The number of hydrogen-bond acceptors (Lipinski definition) is 5. The highest BCUT2D eigenvalue weighted by Gasteiger charge is 2.24. The lowest BCUT2D eigenvalue weighted by molar-refractivity contribution is 0.225. The molecule has 1 aliphatic heterocycles. The third-order valence-electron chi connectivity index (χ3n) is 4.94. The Kier molecular flexibility index (Phi) is 4.61. The van der Waals surface area contributed by atoms with Crippen molar-refractivity contribution in [2.45, 2.75) is 25.8 Å². The topological polar surface area (TPSA) is 49.6 Å².